The van der Waals surface area contributed by atoms with Gasteiger partial charge >= 0.3 is 0 Å². The molecule has 1 aromatic heterocycles. The number of hydrogen-bond donors (Lipinski definition) is 1. The van der Waals surface area contributed by atoms with E-state index in [0.29, 0.717) is 6.10 Å². The minimum absolute atomic E-state index is 0.323. The highest BCUT2D eigenvalue weighted by Gasteiger charge is 2.15. The van der Waals surface area contributed by atoms with Crippen molar-refractivity contribution in [3.8, 4) is 0 Å². The van der Waals surface area contributed by atoms with E-state index in [9.17, 15) is 0 Å². The molecule has 84 valence electrons. The third-order valence-corrected chi connectivity index (χ3v) is 3.17. The Morgan fingerprint density at radius 1 is 1.73 bits per heavy atom. The first kappa shape index (κ1) is 11.0. The molecule has 15 heavy (non-hydrogen) atoms. The molecule has 1 N–H and O–H groups in total. The van der Waals surface area contributed by atoms with Gasteiger partial charge in [-0.25, -0.2) is 4.98 Å². The van der Waals surface area contributed by atoms with Gasteiger partial charge in [0.25, 0.3) is 0 Å². The molecular weight excluding hydrogens is 210 g/mol. The summed E-state index contributed by atoms with van der Waals surface area (Å²) in [5.74, 6) is 0. The molecule has 1 aliphatic rings. The smallest absolute Gasteiger partial charge is 0.107 e. The highest BCUT2D eigenvalue weighted by Crippen LogP contribution is 2.08. The molecule has 5 heteroatoms. The van der Waals surface area contributed by atoms with Crippen LogP contribution < -0.4 is 5.32 Å². The molecule has 0 bridgehead atoms. The van der Waals surface area contributed by atoms with Gasteiger partial charge in [0.2, 0.25) is 0 Å². The average Bonchev–Trinajstić information content (AvgIpc) is 2.71. The lowest BCUT2D eigenvalue weighted by molar-refractivity contribution is 0.00884. The predicted molar refractivity (Wildman–Crippen MR) is 61.1 cm³/mol. The fourth-order valence-corrected chi connectivity index (χ4v) is 2.41. The van der Waals surface area contributed by atoms with Gasteiger partial charge in [0, 0.05) is 31.2 Å². The van der Waals surface area contributed by atoms with Crippen LogP contribution >= 0.6 is 11.3 Å². The van der Waals surface area contributed by atoms with Crippen molar-refractivity contribution >= 4 is 11.3 Å². The molecule has 0 aromatic carbocycles. The van der Waals surface area contributed by atoms with Gasteiger partial charge in [-0.05, 0) is 7.05 Å². The lowest BCUT2D eigenvalue weighted by Gasteiger charge is -2.27. The second kappa shape index (κ2) is 5.55. The molecule has 1 unspecified atom stereocenters. The Balaban J connectivity index is 1.74. The first-order valence-electron chi connectivity index (χ1n) is 5.24. The van der Waals surface area contributed by atoms with Crippen LogP contribution in [0.5, 0.6) is 0 Å². The summed E-state index contributed by atoms with van der Waals surface area (Å²) in [6, 6.07) is 0. The molecule has 0 aliphatic carbocycles. The average molecular weight is 227 g/mol. The van der Waals surface area contributed by atoms with Gasteiger partial charge in [0.05, 0.1) is 19.3 Å². The van der Waals surface area contributed by atoms with E-state index in [0.717, 1.165) is 32.8 Å². The zero-order valence-electron chi connectivity index (χ0n) is 8.98. The number of rotatable bonds is 4. The van der Waals surface area contributed by atoms with Crippen LogP contribution in [0.2, 0.25) is 0 Å². The van der Waals surface area contributed by atoms with Crippen molar-refractivity contribution in [2.24, 2.45) is 0 Å². The summed E-state index contributed by atoms with van der Waals surface area (Å²) < 4.78 is 5.65. The van der Waals surface area contributed by atoms with Crippen LogP contribution in [-0.4, -0.2) is 49.3 Å². The number of morpholine rings is 1. The zero-order chi connectivity index (χ0) is 10.5. The molecule has 1 atom stereocenters. The van der Waals surface area contributed by atoms with Gasteiger partial charge in [-0.1, -0.05) is 0 Å². The normalized spacial score (nSPS) is 22.1. The van der Waals surface area contributed by atoms with E-state index in [2.05, 4.69) is 22.2 Å². The van der Waals surface area contributed by atoms with Gasteiger partial charge in [0.15, 0.2) is 0 Å². The first-order chi connectivity index (χ1) is 7.34. The van der Waals surface area contributed by atoms with Crippen molar-refractivity contribution < 1.29 is 4.74 Å². The quantitative estimate of drug-likeness (QED) is 0.816. The zero-order valence-corrected chi connectivity index (χ0v) is 9.80. The van der Waals surface area contributed by atoms with Crippen molar-refractivity contribution in [1.82, 2.24) is 15.2 Å². The minimum Gasteiger partial charge on any atom is -0.374 e. The van der Waals surface area contributed by atoms with E-state index >= 15 is 0 Å². The number of ether oxygens (including phenoxy) is 1. The number of hydrogen-bond acceptors (Lipinski definition) is 5. The SMILES string of the molecule is CN(Cc1nccs1)CC1CNCCO1. The highest BCUT2D eigenvalue weighted by atomic mass is 32.1. The van der Waals surface area contributed by atoms with Crippen LogP contribution in [0.15, 0.2) is 11.6 Å². The summed E-state index contributed by atoms with van der Waals surface area (Å²) in [6.45, 7) is 4.65. The lowest BCUT2D eigenvalue weighted by Crippen LogP contribution is -2.44. The molecule has 0 spiro atoms. The number of thiazole rings is 1. The summed E-state index contributed by atoms with van der Waals surface area (Å²) in [4.78, 5) is 6.53. The highest BCUT2D eigenvalue weighted by molar-refractivity contribution is 7.09. The Morgan fingerprint density at radius 3 is 3.33 bits per heavy atom. The number of nitrogens with one attached hydrogen (secondary N) is 1. The largest absolute Gasteiger partial charge is 0.374 e. The topological polar surface area (TPSA) is 37.4 Å². The van der Waals surface area contributed by atoms with Crippen molar-refractivity contribution in [2.45, 2.75) is 12.6 Å². The Morgan fingerprint density at radius 2 is 2.67 bits per heavy atom. The van der Waals surface area contributed by atoms with Crippen molar-refractivity contribution in [2.75, 3.05) is 33.3 Å². The van der Waals surface area contributed by atoms with Gasteiger partial charge in [-0.3, -0.25) is 4.90 Å². The fourth-order valence-electron chi connectivity index (χ4n) is 1.71. The van der Waals surface area contributed by atoms with Crippen LogP contribution in [-0.2, 0) is 11.3 Å². The molecule has 0 amide bonds. The second-order valence-corrected chi connectivity index (χ2v) is 4.80. The van der Waals surface area contributed by atoms with Crippen molar-refractivity contribution in [1.29, 1.82) is 0 Å². The molecule has 0 saturated carbocycles. The maximum Gasteiger partial charge on any atom is 0.107 e. The van der Waals surface area contributed by atoms with Gasteiger partial charge in [-0.15, -0.1) is 11.3 Å². The molecule has 1 fully saturated rings. The van der Waals surface area contributed by atoms with E-state index in [1.54, 1.807) is 11.3 Å². The standard InChI is InChI=1S/C10H17N3OS/c1-13(8-10-12-3-5-15-10)7-9-6-11-2-4-14-9/h3,5,9,11H,2,4,6-8H2,1H3. The van der Waals surface area contributed by atoms with Crippen LogP contribution in [0, 0.1) is 0 Å². The Hall–Kier alpha value is -0.490. The maximum absolute atomic E-state index is 5.65. The van der Waals surface area contributed by atoms with E-state index < -0.39 is 0 Å². The second-order valence-electron chi connectivity index (χ2n) is 3.82. The third-order valence-electron chi connectivity index (χ3n) is 2.41. The Kier molecular flexibility index (Phi) is 4.08. The van der Waals surface area contributed by atoms with E-state index in [-0.39, 0.29) is 0 Å². The van der Waals surface area contributed by atoms with Gasteiger partial charge in [-0.2, -0.15) is 0 Å². The van der Waals surface area contributed by atoms with Gasteiger partial charge in [0.1, 0.15) is 5.01 Å². The number of aromatic nitrogens is 1. The van der Waals surface area contributed by atoms with Crippen molar-refractivity contribution in [3.05, 3.63) is 16.6 Å². The summed E-state index contributed by atoms with van der Waals surface area (Å²) >= 11 is 1.70. The van der Waals surface area contributed by atoms with E-state index in [1.807, 2.05) is 11.6 Å². The van der Waals surface area contributed by atoms with Crippen LogP contribution in [0.25, 0.3) is 0 Å². The molecule has 1 saturated heterocycles. The molecule has 1 aliphatic heterocycles. The van der Waals surface area contributed by atoms with E-state index in [4.69, 9.17) is 4.74 Å². The minimum atomic E-state index is 0.323. The van der Waals surface area contributed by atoms with E-state index in [1.165, 1.54) is 5.01 Å². The van der Waals surface area contributed by atoms with Crippen LogP contribution in [0.4, 0.5) is 0 Å². The fraction of sp³-hybridized carbons (Fsp3) is 0.700. The molecule has 0 radical (unpaired) electrons. The Bertz CT molecular complexity index is 272. The van der Waals surface area contributed by atoms with Crippen molar-refractivity contribution in [3.63, 3.8) is 0 Å². The number of nitrogens with zero attached hydrogens (tertiary/aromatic N) is 2. The third kappa shape index (κ3) is 3.53. The molecule has 1 aromatic rings. The summed E-state index contributed by atoms with van der Waals surface area (Å²) in [7, 11) is 2.11. The Labute approximate surface area is 94.3 Å². The van der Waals surface area contributed by atoms with Gasteiger partial charge < -0.3 is 10.1 Å². The molecule has 4 nitrogen and oxygen atoms in total. The summed E-state index contributed by atoms with van der Waals surface area (Å²) in [6.07, 6.45) is 2.18. The molecular formula is C10H17N3OS. The summed E-state index contributed by atoms with van der Waals surface area (Å²) in [5, 5.41) is 6.52. The molecule has 2 heterocycles. The maximum atomic E-state index is 5.65. The molecule has 2 rings (SSSR count). The van der Waals surface area contributed by atoms with Crippen LogP contribution in [0.3, 0.4) is 0 Å². The lowest BCUT2D eigenvalue weighted by atomic mass is 10.3. The van der Waals surface area contributed by atoms with Crippen LogP contribution in [0.1, 0.15) is 5.01 Å². The predicted octanol–water partition coefficient (Wildman–Crippen LogP) is 0.563. The summed E-state index contributed by atoms with van der Waals surface area (Å²) in [5.41, 5.74) is 0. The first-order valence-corrected chi connectivity index (χ1v) is 6.12. The number of likely N-dealkylation sites (N-methyl/N-ethyl adjacent to an activating group) is 1. The monoisotopic (exact) mass is 227 g/mol.